The van der Waals surface area contributed by atoms with E-state index in [0.717, 1.165) is 22.3 Å². The molecule has 0 heterocycles. The Labute approximate surface area is 182 Å². The monoisotopic (exact) mass is 449 g/mol. The topological polar surface area (TPSA) is 94.1 Å². The van der Waals surface area contributed by atoms with Crippen LogP contribution in [0.5, 0.6) is 0 Å². The molecule has 0 aromatic heterocycles. The predicted molar refractivity (Wildman–Crippen MR) is 118 cm³/mol. The van der Waals surface area contributed by atoms with E-state index in [2.05, 4.69) is 17.4 Å². The van der Waals surface area contributed by atoms with Crippen molar-refractivity contribution in [1.29, 1.82) is 0 Å². The third-order valence-corrected chi connectivity index (χ3v) is 6.00. The van der Waals surface area contributed by atoms with Gasteiger partial charge in [0.05, 0.1) is 27.7 Å². The van der Waals surface area contributed by atoms with Gasteiger partial charge in [0.15, 0.2) is 0 Å². The van der Waals surface area contributed by atoms with Crippen LogP contribution < -0.4 is 5.32 Å². The smallest absolute Gasteiger partial charge is 0.449 e. The van der Waals surface area contributed by atoms with Crippen LogP contribution in [0.1, 0.15) is 17.0 Å². The van der Waals surface area contributed by atoms with Crippen molar-refractivity contribution in [2.24, 2.45) is 0 Å². The van der Waals surface area contributed by atoms with Crippen molar-refractivity contribution in [1.82, 2.24) is 5.32 Å². The zero-order valence-corrected chi connectivity index (χ0v) is 19.0. The average Bonchev–Trinajstić information content (AvgIpc) is 3.02. The van der Waals surface area contributed by atoms with Gasteiger partial charge in [-0.1, -0.05) is 48.5 Å². The fourth-order valence-electron chi connectivity index (χ4n) is 3.43. The molecule has 3 rings (SSSR count). The SMILES string of the molecule is C[N+](C)(C)CCOP(=O)(O)OCCNC(=O)OCC1c2ccccc2-c2ccccc21. The number of rotatable bonds is 10. The molecule has 1 atom stereocenters. The van der Waals surface area contributed by atoms with Crippen molar-refractivity contribution >= 4 is 13.9 Å². The second-order valence-electron chi connectivity index (χ2n) is 8.40. The molecule has 1 unspecified atom stereocenters. The van der Waals surface area contributed by atoms with Gasteiger partial charge >= 0.3 is 13.9 Å². The molecule has 1 aliphatic carbocycles. The van der Waals surface area contributed by atoms with E-state index in [9.17, 15) is 14.3 Å². The average molecular weight is 449 g/mol. The van der Waals surface area contributed by atoms with Crippen molar-refractivity contribution in [2.75, 3.05) is 54.1 Å². The summed E-state index contributed by atoms with van der Waals surface area (Å²) < 4.78 is 27.6. The third-order valence-electron chi connectivity index (χ3n) is 4.99. The lowest BCUT2D eigenvalue weighted by molar-refractivity contribution is -0.870. The van der Waals surface area contributed by atoms with E-state index in [-0.39, 0.29) is 32.3 Å². The van der Waals surface area contributed by atoms with Gasteiger partial charge in [-0.15, -0.1) is 0 Å². The number of fused-ring (bicyclic) bond motifs is 3. The number of amides is 1. The maximum atomic E-state index is 12.1. The van der Waals surface area contributed by atoms with Crippen LogP contribution in [-0.2, 0) is 18.3 Å². The predicted octanol–water partition coefficient (Wildman–Crippen LogP) is 3.36. The minimum absolute atomic E-state index is 0.0262. The maximum Gasteiger partial charge on any atom is 0.472 e. The van der Waals surface area contributed by atoms with Crippen LogP contribution in [-0.4, -0.2) is 69.5 Å². The number of phosphoric acid groups is 1. The highest BCUT2D eigenvalue weighted by Gasteiger charge is 2.29. The summed E-state index contributed by atoms with van der Waals surface area (Å²) in [4.78, 5) is 21.7. The van der Waals surface area contributed by atoms with E-state index in [1.165, 1.54) is 0 Å². The number of phosphoric ester groups is 1. The second kappa shape index (κ2) is 9.94. The number of carbonyl (C=O) groups is 1. The summed E-state index contributed by atoms with van der Waals surface area (Å²) in [6.07, 6.45) is -0.607. The standard InChI is InChI=1S/C22H29N2O6P/c1-24(2,3)13-15-30-31(26,27)29-14-12-23-22(25)28-16-21-19-10-6-4-8-17(19)18-9-5-7-11-20(18)21/h4-11,21H,12-16H2,1-3H3,(H-,23,25,26,27)/p+1. The summed E-state index contributed by atoms with van der Waals surface area (Å²) in [7, 11) is 1.70. The van der Waals surface area contributed by atoms with E-state index in [1.807, 2.05) is 57.5 Å². The molecule has 0 aliphatic heterocycles. The number of alkyl carbamates (subject to hydrolysis) is 1. The first kappa shape index (κ1) is 23.4. The lowest BCUT2D eigenvalue weighted by Crippen LogP contribution is -2.37. The first-order chi connectivity index (χ1) is 14.7. The molecule has 168 valence electrons. The highest BCUT2D eigenvalue weighted by molar-refractivity contribution is 7.47. The van der Waals surface area contributed by atoms with Gasteiger partial charge in [-0.05, 0) is 22.3 Å². The Morgan fingerprint density at radius 1 is 1.00 bits per heavy atom. The van der Waals surface area contributed by atoms with E-state index in [1.54, 1.807) is 0 Å². The fraction of sp³-hybridized carbons (Fsp3) is 0.409. The number of hydrogen-bond acceptors (Lipinski definition) is 5. The van der Waals surface area contributed by atoms with Gasteiger partial charge < -0.3 is 19.4 Å². The van der Waals surface area contributed by atoms with E-state index < -0.39 is 13.9 Å². The van der Waals surface area contributed by atoms with Crippen molar-refractivity contribution in [3.63, 3.8) is 0 Å². The molecule has 9 heteroatoms. The van der Waals surface area contributed by atoms with E-state index >= 15 is 0 Å². The lowest BCUT2D eigenvalue weighted by atomic mass is 9.98. The number of ether oxygens (including phenoxy) is 1. The molecule has 0 fully saturated rings. The quantitative estimate of drug-likeness (QED) is 0.328. The largest absolute Gasteiger partial charge is 0.472 e. The molecule has 8 nitrogen and oxygen atoms in total. The number of benzene rings is 2. The number of carbonyl (C=O) groups excluding carboxylic acids is 1. The molecular formula is C22H30N2O6P+. The summed E-state index contributed by atoms with van der Waals surface area (Å²) in [6, 6.07) is 16.2. The van der Waals surface area contributed by atoms with Gasteiger partial charge in [-0.2, -0.15) is 0 Å². The Morgan fingerprint density at radius 2 is 1.55 bits per heavy atom. The summed E-state index contributed by atoms with van der Waals surface area (Å²) in [5.41, 5.74) is 4.58. The van der Waals surface area contributed by atoms with Crippen LogP contribution in [0.2, 0.25) is 0 Å². The highest BCUT2D eigenvalue weighted by atomic mass is 31.2. The van der Waals surface area contributed by atoms with Crippen LogP contribution in [0.25, 0.3) is 11.1 Å². The van der Waals surface area contributed by atoms with Crippen LogP contribution in [0.15, 0.2) is 48.5 Å². The Hall–Kier alpha value is -2.22. The molecule has 2 aromatic rings. The highest BCUT2D eigenvalue weighted by Crippen LogP contribution is 2.44. The first-order valence-electron chi connectivity index (χ1n) is 10.2. The van der Waals surface area contributed by atoms with Crippen LogP contribution in [0.4, 0.5) is 4.79 Å². The summed E-state index contributed by atoms with van der Waals surface area (Å²) in [6.45, 7) is 0.721. The van der Waals surface area contributed by atoms with Gasteiger partial charge in [0.2, 0.25) is 0 Å². The van der Waals surface area contributed by atoms with Crippen LogP contribution in [0, 0.1) is 0 Å². The summed E-state index contributed by atoms with van der Waals surface area (Å²) in [5, 5.41) is 2.53. The van der Waals surface area contributed by atoms with E-state index in [4.69, 9.17) is 13.8 Å². The molecule has 0 spiro atoms. The van der Waals surface area contributed by atoms with Gasteiger partial charge in [0.25, 0.3) is 0 Å². The molecule has 2 N–H and O–H groups in total. The van der Waals surface area contributed by atoms with E-state index in [0.29, 0.717) is 11.0 Å². The number of hydrogen-bond donors (Lipinski definition) is 2. The van der Waals surface area contributed by atoms with Crippen molar-refractivity contribution in [3.05, 3.63) is 59.7 Å². The number of nitrogens with zero attached hydrogens (tertiary/aromatic N) is 1. The molecule has 1 amide bonds. The maximum absolute atomic E-state index is 12.1. The molecule has 2 aromatic carbocycles. The summed E-state index contributed by atoms with van der Waals surface area (Å²) >= 11 is 0. The Bertz CT molecular complexity index is 914. The number of nitrogens with one attached hydrogen (secondary N) is 1. The van der Waals surface area contributed by atoms with Gasteiger partial charge in [0.1, 0.15) is 19.8 Å². The molecule has 0 saturated heterocycles. The van der Waals surface area contributed by atoms with Crippen LogP contribution >= 0.6 is 7.82 Å². The Balaban J connectivity index is 1.42. The normalized spacial score (nSPS) is 15.1. The Kier molecular flexibility index (Phi) is 7.51. The zero-order chi connectivity index (χ0) is 22.5. The fourth-order valence-corrected chi connectivity index (χ4v) is 4.14. The van der Waals surface area contributed by atoms with Gasteiger partial charge in [0, 0.05) is 12.5 Å². The molecule has 0 bridgehead atoms. The van der Waals surface area contributed by atoms with Crippen molar-refractivity contribution < 1.29 is 32.5 Å². The Morgan fingerprint density at radius 3 is 2.13 bits per heavy atom. The minimum atomic E-state index is -4.15. The minimum Gasteiger partial charge on any atom is -0.449 e. The third kappa shape index (κ3) is 6.63. The molecule has 0 radical (unpaired) electrons. The van der Waals surface area contributed by atoms with Crippen LogP contribution in [0.3, 0.4) is 0 Å². The zero-order valence-electron chi connectivity index (χ0n) is 18.1. The van der Waals surface area contributed by atoms with Gasteiger partial charge in [-0.25, -0.2) is 9.36 Å². The number of likely N-dealkylation sites (N-methyl/N-ethyl adjacent to an activating group) is 1. The molecule has 1 aliphatic rings. The second-order valence-corrected chi connectivity index (χ2v) is 9.85. The molecular weight excluding hydrogens is 419 g/mol. The lowest BCUT2D eigenvalue weighted by Gasteiger charge is -2.24. The first-order valence-corrected chi connectivity index (χ1v) is 11.7. The molecule has 0 saturated carbocycles. The van der Waals surface area contributed by atoms with Gasteiger partial charge in [-0.3, -0.25) is 9.05 Å². The van der Waals surface area contributed by atoms with Crippen molar-refractivity contribution in [2.45, 2.75) is 5.92 Å². The summed E-state index contributed by atoms with van der Waals surface area (Å²) in [5.74, 6) is -0.0262. The molecule has 31 heavy (non-hydrogen) atoms. The number of quaternary nitrogens is 1. The van der Waals surface area contributed by atoms with Crippen molar-refractivity contribution in [3.8, 4) is 11.1 Å².